The lowest BCUT2D eigenvalue weighted by atomic mass is 9.89. The van der Waals surface area contributed by atoms with E-state index in [1.807, 2.05) is 35.2 Å². The monoisotopic (exact) mass is 395 g/mol. The predicted octanol–water partition coefficient (Wildman–Crippen LogP) is 0.0859. The summed E-state index contributed by atoms with van der Waals surface area (Å²) in [4.78, 5) is 17.3. The van der Waals surface area contributed by atoms with Crippen LogP contribution >= 0.6 is 12.4 Å². The van der Waals surface area contributed by atoms with Crippen LogP contribution in [0.1, 0.15) is 6.42 Å². The van der Waals surface area contributed by atoms with Crippen molar-refractivity contribution in [2.75, 3.05) is 52.4 Å². The molecule has 3 unspecified atom stereocenters. The molecule has 0 saturated carbocycles. The minimum atomic E-state index is -0.0965. The van der Waals surface area contributed by atoms with E-state index in [0.29, 0.717) is 18.6 Å². The van der Waals surface area contributed by atoms with Crippen LogP contribution in [-0.2, 0) is 4.79 Å². The van der Waals surface area contributed by atoms with E-state index in [-0.39, 0.29) is 24.4 Å². The molecule has 0 aromatic heterocycles. The summed E-state index contributed by atoms with van der Waals surface area (Å²) in [5.41, 5.74) is 6.56. The van der Waals surface area contributed by atoms with Crippen LogP contribution in [0, 0.1) is 5.92 Å². The largest absolute Gasteiger partial charge is 0.492 e. The molecule has 0 aliphatic carbocycles. The van der Waals surface area contributed by atoms with Crippen molar-refractivity contribution in [1.29, 1.82) is 0 Å². The number of rotatable bonds is 5. The molecule has 3 saturated heterocycles. The van der Waals surface area contributed by atoms with Crippen LogP contribution in [0.25, 0.3) is 0 Å². The Morgan fingerprint density at radius 1 is 1.11 bits per heavy atom. The van der Waals surface area contributed by atoms with Crippen molar-refractivity contribution in [1.82, 2.24) is 26.0 Å². The number of ether oxygens (including phenoxy) is 1. The first kappa shape index (κ1) is 20.4. The number of halogens is 1. The van der Waals surface area contributed by atoms with Crippen molar-refractivity contribution in [3.05, 3.63) is 30.3 Å². The number of hydrazine groups is 1. The van der Waals surface area contributed by atoms with Crippen LogP contribution in [0.2, 0.25) is 0 Å². The number of fused-ring (bicyclic) bond motifs is 1. The average Bonchev–Trinajstić information content (AvgIpc) is 3.13. The zero-order valence-electron chi connectivity index (χ0n) is 15.6. The zero-order chi connectivity index (χ0) is 17.8. The predicted molar refractivity (Wildman–Crippen MR) is 107 cm³/mol. The van der Waals surface area contributed by atoms with Crippen LogP contribution in [0.15, 0.2) is 30.3 Å². The first-order chi connectivity index (χ1) is 12.8. The van der Waals surface area contributed by atoms with Crippen molar-refractivity contribution in [2.45, 2.75) is 18.5 Å². The van der Waals surface area contributed by atoms with E-state index in [9.17, 15) is 4.79 Å². The fraction of sp³-hybridized carbons (Fsp3) is 0.632. The van der Waals surface area contributed by atoms with Crippen molar-refractivity contribution in [2.24, 2.45) is 5.92 Å². The third kappa shape index (κ3) is 4.92. The molecule has 1 aromatic rings. The molecule has 7 nitrogen and oxygen atoms in total. The van der Waals surface area contributed by atoms with Gasteiger partial charge in [-0.1, -0.05) is 18.2 Å². The van der Waals surface area contributed by atoms with E-state index < -0.39 is 0 Å². The van der Waals surface area contributed by atoms with Gasteiger partial charge < -0.3 is 15.0 Å². The molecule has 3 atom stereocenters. The summed E-state index contributed by atoms with van der Waals surface area (Å²) in [6, 6.07) is 10.2. The first-order valence-corrected chi connectivity index (χ1v) is 9.72. The van der Waals surface area contributed by atoms with Crippen LogP contribution in [0.3, 0.4) is 0 Å². The van der Waals surface area contributed by atoms with Gasteiger partial charge in [0, 0.05) is 51.2 Å². The molecule has 8 heteroatoms. The average molecular weight is 396 g/mol. The Hall–Kier alpha value is -1.38. The maximum Gasteiger partial charge on any atom is 0.241 e. The Balaban J connectivity index is 0.00000210. The number of carbonyl (C=O) groups is 1. The molecular weight excluding hydrogens is 366 g/mol. The Morgan fingerprint density at radius 2 is 1.89 bits per heavy atom. The quantitative estimate of drug-likeness (QED) is 0.656. The number of nitrogens with one attached hydrogen (secondary N) is 3. The van der Waals surface area contributed by atoms with Gasteiger partial charge in [0.2, 0.25) is 5.91 Å². The van der Waals surface area contributed by atoms with Gasteiger partial charge in [-0.15, -0.1) is 12.4 Å². The number of carbonyl (C=O) groups excluding carboxylic acids is 1. The molecule has 1 amide bonds. The number of benzene rings is 1. The maximum absolute atomic E-state index is 12.9. The van der Waals surface area contributed by atoms with Gasteiger partial charge >= 0.3 is 0 Å². The second-order valence-electron chi connectivity index (χ2n) is 7.36. The molecule has 3 aliphatic heterocycles. The van der Waals surface area contributed by atoms with Gasteiger partial charge in [-0.3, -0.25) is 15.1 Å². The number of amides is 1. The minimum absolute atomic E-state index is 0. The SMILES string of the molecule is Cl.O=C(C1NNC2CCNCC21)N1CCN(CCOc2ccccc2)CC1. The molecule has 27 heavy (non-hydrogen) atoms. The fourth-order valence-electron chi connectivity index (χ4n) is 4.16. The smallest absolute Gasteiger partial charge is 0.241 e. The van der Waals surface area contributed by atoms with E-state index in [1.165, 1.54) is 0 Å². The fourth-order valence-corrected chi connectivity index (χ4v) is 4.16. The Labute approximate surface area is 167 Å². The number of nitrogens with zero attached hydrogens (tertiary/aromatic N) is 2. The molecule has 150 valence electrons. The summed E-state index contributed by atoms with van der Waals surface area (Å²) in [5.74, 6) is 1.51. The molecule has 1 aromatic carbocycles. The summed E-state index contributed by atoms with van der Waals surface area (Å²) in [6.45, 7) is 6.95. The van der Waals surface area contributed by atoms with Gasteiger partial charge in [0.25, 0.3) is 0 Å². The van der Waals surface area contributed by atoms with E-state index in [4.69, 9.17) is 4.74 Å². The van der Waals surface area contributed by atoms with Gasteiger partial charge in [0.15, 0.2) is 0 Å². The van der Waals surface area contributed by atoms with Crippen molar-refractivity contribution < 1.29 is 9.53 Å². The summed E-state index contributed by atoms with van der Waals surface area (Å²) < 4.78 is 5.78. The molecule has 3 fully saturated rings. The van der Waals surface area contributed by atoms with Gasteiger partial charge in [-0.25, -0.2) is 5.43 Å². The van der Waals surface area contributed by atoms with Gasteiger partial charge in [-0.2, -0.15) is 0 Å². The third-order valence-electron chi connectivity index (χ3n) is 5.75. The Morgan fingerprint density at radius 3 is 2.67 bits per heavy atom. The minimum Gasteiger partial charge on any atom is -0.492 e. The molecule has 0 bridgehead atoms. The van der Waals surface area contributed by atoms with E-state index in [0.717, 1.165) is 58.0 Å². The zero-order valence-corrected chi connectivity index (χ0v) is 16.4. The lowest BCUT2D eigenvalue weighted by Crippen LogP contribution is -2.56. The van der Waals surface area contributed by atoms with E-state index in [1.54, 1.807) is 0 Å². The third-order valence-corrected chi connectivity index (χ3v) is 5.75. The van der Waals surface area contributed by atoms with Crippen molar-refractivity contribution in [3.8, 4) is 5.75 Å². The molecule has 3 aliphatic rings. The highest BCUT2D eigenvalue weighted by atomic mass is 35.5. The lowest BCUT2D eigenvalue weighted by Gasteiger charge is -2.37. The first-order valence-electron chi connectivity index (χ1n) is 9.72. The van der Waals surface area contributed by atoms with Gasteiger partial charge in [0.1, 0.15) is 18.4 Å². The number of piperidine rings is 1. The summed E-state index contributed by atoms with van der Waals surface area (Å²) in [7, 11) is 0. The summed E-state index contributed by atoms with van der Waals surface area (Å²) in [6.07, 6.45) is 1.08. The van der Waals surface area contributed by atoms with Crippen LogP contribution in [0.5, 0.6) is 5.75 Å². The van der Waals surface area contributed by atoms with E-state index >= 15 is 0 Å². The number of hydrogen-bond donors (Lipinski definition) is 3. The Kier molecular flexibility index (Phi) is 7.32. The normalized spacial score (nSPS) is 28.3. The molecular formula is C19H30ClN5O2. The van der Waals surface area contributed by atoms with Crippen LogP contribution in [0.4, 0.5) is 0 Å². The molecule has 3 N–H and O–H groups in total. The molecule has 3 heterocycles. The molecule has 4 rings (SSSR count). The van der Waals surface area contributed by atoms with Gasteiger partial charge in [0.05, 0.1) is 0 Å². The molecule has 0 radical (unpaired) electrons. The highest BCUT2D eigenvalue weighted by Crippen LogP contribution is 2.22. The van der Waals surface area contributed by atoms with Gasteiger partial charge in [-0.05, 0) is 25.1 Å². The number of para-hydroxylation sites is 1. The summed E-state index contributed by atoms with van der Waals surface area (Å²) >= 11 is 0. The highest BCUT2D eigenvalue weighted by Gasteiger charge is 2.42. The summed E-state index contributed by atoms with van der Waals surface area (Å²) in [5, 5.41) is 3.41. The maximum atomic E-state index is 12.9. The molecule has 0 spiro atoms. The van der Waals surface area contributed by atoms with Crippen molar-refractivity contribution >= 4 is 18.3 Å². The second kappa shape index (κ2) is 9.71. The van der Waals surface area contributed by atoms with E-state index in [2.05, 4.69) is 21.1 Å². The van der Waals surface area contributed by atoms with Crippen molar-refractivity contribution in [3.63, 3.8) is 0 Å². The lowest BCUT2D eigenvalue weighted by molar-refractivity contribution is -0.136. The second-order valence-corrected chi connectivity index (χ2v) is 7.36. The Bertz CT molecular complexity index is 597. The number of piperazine rings is 1. The number of hydrogen-bond acceptors (Lipinski definition) is 6. The highest BCUT2D eigenvalue weighted by molar-refractivity contribution is 5.85. The van der Waals surface area contributed by atoms with Crippen LogP contribution in [-0.4, -0.2) is 80.2 Å². The topological polar surface area (TPSA) is 68.9 Å². The van der Waals surface area contributed by atoms with Crippen LogP contribution < -0.4 is 20.9 Å². The standard InChI is InChI=1S/C19H29N5O2.ClH/c25-19(18-16-14-20-7-6-17(16)21-22-18)24-10-8-23(9-11-24)12-13-26-15-4-2-1-3-5-15;/h1-5,16-18,20-22H,6-14H2;1H.